The summed E-state index contributed by atoms with van der Waals surface area (Å²) >= 11 is 0. The number of phenolic OH excluding ortho intramolecular Hbond substituents is 1. The molecule has 0 radical (unpaired) electrons. The first-order valence-corrected chi connectivity index (χ1v) is 14.7. The van der Waals surface area contributed by atoms with Crippen LogP contribution in [-0.4, -0.2) is 54.8 Å². The van der Waals surface area contributed by atoms with Crippen molar-refractivity contribution in [3.63, 3.8) is 0 Å². The maximum atomic E-state index is 14.4. The fourth-order valence-electron chi connectivity index (χ4n) is 7.00. The number of carbonyl (C=O) groups excluding carboxylic acids is 2. The van der Waals surface area contributed by atoms with Gasteiger partial charge in [-0.3, -0.25) is 19.2 Å². The lowest BCUT2D eigenvalue weighted by Gasteiger charge is -2.25. The largest absolute Gasteiger partial charge is 0.507 e. The second-order valence-corrected chi connectivity index (χ2v) is 11.3. The predicted octanol–water partition coefficient (Wildman–Crippen LogP) is 2.75. The fraction of sp³-hybridized carbons (Fsp3) is 0.294. The van der Waals surface area contributed by atoms with Gasteiger partial charge in [0.05, 0.1) is 31.1 Å². The first-order chi connectivity index (χ1) is 22.3. The molecule has 1 aliphatic rings. The van der Waals surface area contributed by atoms with Crippen molar-refractivity contribution in [3.05, 3.63) is 66.0 Å². The van der Waals surface area contributed by atoms with Gasteiger partial charge < -0.3 is 40.2 Å². The SMILES string of the molecule is CCNCc1c(O)c2c(=O)cc(CO)c3c4c(CO)cc(NC(COC=O)OC=O)c5c(=O)c(OC)c6c(c(c1C=C(C)C6)c23)c54. The van der Waals surface area contributed by atoms with Gasteiger partial charge in [-0.25, -0.2) is 0 Å². The normalized spacial score (nSPS) is 13.4. The van der Waals surface area contributed by atoms with Gasteiger partial charge in [0.15, 0.2) is 11.2 Å². The van der Waals surface area contributed by atoms with Gasteiger partial charge in [-0.05, 0) is 70.3 Å². The van der Waals surface area contributed by atoms with Crippen molar-refractivity contribution in [3.8, 4) is 11.5 Å². The number of hydrogen-bond acceptors (Lipinski definition) is 12. The van der Waals surface area contributed by atoms with Crippen LogP contribution in [0.1, 0.15) is 41.7 Å². The van der Waals surface area contributed by atoms with Crippen molar-refractivity contribution in [1.82, 2.24) is 5.32 Å². The molecular weight excluding hydrogens is 596 g/mol. The van der Waals surface area contributed by atoms with Crippen LogP contribution < -0.4 is 26.2 Å². The van der Waals surface area contributed by atoms with Gasteiger partial charge in [0.25, 0.3) is 12.9 Å². The molecule has 0 saturated heterocycles. The minimum absolute atomic E-state index is 0.0596. The molecule has 1 unspecified atom stereocenters. The number of fused-ring (bicyclic) bond motifs is 1. The third-order valence-electron chi connectivity index (χ3n) is 8.70. The lowest BCUT2D eigenvalue weighted by molar-refractivity contribution is -0.140. The number of aliphatic hydroxyl groups excluding tert-OH is 2. The highest BCUT2D eigenvalue weighted by molar-refractivity contribution is 6.38. The van der Waals surface area contributed by atoms with Crippen LogP contribution in [-0.2, 0) is 45.2 Å². The number of anilines is 1. The summed E-state index contributed by atoms with van der Waals surface area (Å²) in [5, 5.41) is 42.4. The Kier molecular flexibility index (Phi) is 8.11. The number of methoxy groups -OCH3 is 1. The summed E-state index contributed by atoms with van der Waals surface area (Å²) in [6.07, 6.45) is 1.04. The van der Waals surface area contributed by atoms with E-state index in [9.17, 15) is 34.5 Å². The summed E-state index contributed by atoms with van der Waals surface area (Å²) in [7, 11) is 1.39. The van der Waals surface area contributed by atoms with E-state index >= 15 is 0 Å². The summed E-state index contributed by atoms with van der Waals surface area (Å²) in [6, 6.07) is 2.78. The smallest absolute Gasteiger partial charge is 0.295 e. The predicted molar refractivity (Wildman–Crippen MR) is 173 cm³/mol. The van der Waals surface area contributed by atoms with Gasteiger partial charge in [-0.2, -0.15) is 0 Å². The number of hydrogen-bond donors (Lipinski definition) is 5. The van der Waals surface area contributed by atoms with E-state index in [4.69, 9.17) is 14.2 Å². The summed E-state index contributed by atoms with van der Waals surface area (Å²) < 4.78 is 15.7. The molecule has 0 fully saturated rings. The number of aromatic hydroxyl groups is 1. The Morgan fingerprint density at radius 3 is 2.26 bits per heavy atom. The van der Waals surface area contributed by atoms with Crippen molar-refractivity contribution in [1.29, 1.82) is 0 Å². The molecule has 1 atom stereocenters. The van der Waals surface area contributed by atoms with E-state index in [-0.39, 0.29) is 59.6 Å². The van der Waals surface area contributed by atoms with Gasteiger partial charge in [-0.1, -0.05) is 18.6 Å². The minimum Gasteiger partial charge on any atom is -0.507 e. The van der Waals surface area contributed by atoms with Crippen LogP contribution >= 0.6 is 0 Å². The molecule has 5 aromatic rings. The highest BCUT2D eigenvalue weighted by Crippen LogP contribution is 2.51. The second-order valence-electron chi connectivity index (χ2n) is 11.3. The molecule has 6 rings (SSSR count). The van der Waals surface area contributed by atoms with Crippen LogP contribution in [0.4, 0.5) is 5.69 Å². The Balaban J connectivity index is 1.96. The maximum absolute atomic E-state index is 14.4. The van der Waals surface area contributed by atoms with E-state index in [0.717, 1.165) is 5.57 Å². The van der Waals surface area contributed by atoms with Crippen LogP contribution in [0.2, 0.25) is 0 Å². The van der Waals surface area contributed by atoms with Crippen LogP contribution in [0.5, 0.6) is 11.5 Å². The summed E-state index contributed by atoms with van der Waals surface area (Å²) in [4.78, 5) is 50.4. The molecule has 0 saturated carbocycles. The average Bonchev–Trinajstić information content (AvgIpc) is 3.19. The number of nitrogens with one attached hydrogen (secondary N) is 2. The van der Waals surface area contributed by atoms with E-state index in [0.29, 0.717) is 67.5 Å². The molecule has 12 heteroatoms. The topological polar surface area (TPSA) is 181 Å². The molecule has 0 aromatic heterocycles. The Morgan fingerprint density at radius 2 is 1.63 bits per heavy atom. The zero-order valence-corrected chi connectivity index (χ0v) is 25.4. The van der Waals surface area contributed by atoms with Crippen LogP contribution in [0, 0.1) is 0 Å². The minimum atomic E-state index is -1.19. The Bertz CT molecular complexity index is 2190. The van der Waals surface area contributed by atoms with E-state index in [1.54, 1.807) is 0 Å². The lowest BCUT2D eigenvalue weighted by atomic mass is 9.80. The van der Waals surface area contributed by atoms with Gasteiger partial charge >= 0.3 is 0 Å². The molecule has 0 spiro atoms. The number of phenols is 1. The first-order valence-electron chi connectivity index (χ1n) is 14.7. The Morgan fingerprint density at radius 1 is 0.935 bits per heavy atom. The average molecular weight is 629 g/mol. The summed E-state index contributed by atoms with van der Waals surface area (Å²) in [6.45, 7) is 3.61. The molecule has 0 amide bonds. The maximum Gasteiger partial charge on any atom is 0.295 e. The molecule has 238 valence electrons. The Labute approximate surface area is 261 Å². The van der Waals surface area contributed by atoms with Gasteiger partial charge in [0, 0.05) is 34.1 Å². The Hall–Kier alpha value is -5.04. The van der Waals surface area contributed by atoms with Crippen LogP contribution in [0.3, 0.4) is 0 Å². The van der Waals surface area contributed by atoms with Crippen LogP contribution in [0.15, 0.2) is 27.3 Å². The highest BCUT2D eigenvalue weighted by Gasteiger charge is 2.32. The molecule has 46 heavy (non-hydrogen) atoms. The third-order valence-corrected chi connectivity index (χ3v) is 8.70. The first kappa shape index (κ1) is 31.0. The molecule has 0 bridgehead atoms. The second kappa shape index (κ2) is 12.0. The molecule has 5 N–H and O–H groups in total. The highest BCUT2D eigenvalue weighted by atomic mass is 16.6. The van der Waals surface area contributed by atoms with E-state index in [2.05, 4.69) is 10.6 Å². The standard InChI is InChI=1S/C34H32N2O10/c1-4-35-9-20-18-5-15(2)6-19-27-26(18)31-25(17(11-38)8-22(41)29(31)32(20)42)24-16(10-37)7-21(36-23(46-14-40)12-45-13-39)28(30(24)27)33(43)34(19)44-3/h5,7-8,13-14,23,35-38,42H,4,6,9-12H2,1-3H3. The van der Waals surface area contributed by atoms with Crippen molar-refractivity contribution >= 4 is 67.8 Å². The number of ether oxygens (including phenoxy) is 3. The van der Waals surface area contributed by atoms with Gasteiger partial charge in [0.2, 0.25) is 11.7 Å². The van der Waals surface area contributed by atoms with Crippen molar-refractivity contribution in [2.24, 2.45) is 0 Å². The molecule has 5 aromatic carbocycles. The van der Waals surface area contributed by atoms with E-state index < -0.39 is 30.3 Å². The third kappa shape index (κ3) is 4.48. The fourth-order valence-corrected chi connectivity index (χ4v) is 7.00. The van der Waals surface area contributed by atoms with Gasteiger partial charge in [-0.15, -0.1) is 0 Å². The lowest BCUT2D eigenvalue weighted by Crippen LogP contribution is -2.29. The van der Waals surface area contributed by atoms with Crippen molar-refractivity contribution in [2.45, 2.75) is 46.3 Å². The van der Waals surface area contributed by atoms with Crippen molar-refractivity contribution < 1.29 is 39.1 Å². The number of carbonyl (C=O) groups is 2. The number of allylic oxidation sites excluding steroid dienone is 1. The molecule has 0 heterocycles. The zero-order chi connectivity index (χ0) is 32.9. The quantitative estimate of drug-likeness (QED) is 0.0558. The molecular formula is C34H32N2O10. The van der Waals surface area contributed by atoms with Crippen LogP contribution in [0.25, 0.3) is 49.2 Å². The monoisotopic (exact) mass is 628 g/mol. The van der Waals surface area contributed by atoms with Crippen molar-refractivity contribution in [2.75, 3.05) is 25.6 Å². The van der Waals surface area contributed by atoms with E-state index in [1.165, 1.54) is 19.2 Å². The number of rotatable bonds is 13. The molecule has 12 nitrogen and oxygen atoms in total. The molecule has 1 aliphatic carbocycles. The zero-order valence-electron chi connectivity index (χ0n) is 25.4. The summed E-state index contributed by atoms with van der Waals surface area (Å²) in [5.74, 6) is -0.123. The van der Waals surface area contributed by atoms with E-state index in [1.807, 2.05) is 19.9 Å². The van der Waals surface area contributed by atoms with Gasteiger partial charge in [0.1, 0.15) is 12.4 Å². The molecule has 0 aliphatic heterocycles. The number of aliphatic hydroxyl groups is 2. The summed E-state index contributed by atoms with van der Waals surface area (Å²) in [5.41, 5.74) is 2.37. The number of benzene rings is 5.